The summed E-state index contributed by atoms with van der Waals surface area (Å²) < 4.78 is 0. The van der Waals surface area contributed by atoms with Crippen molar-refractivity contribution in [3.8, 4) is 0 Å². The van der Waals surface area contributed by atoms with Crippen LogP contribution in [0.15, 0.2) is 29.1 Å². The lowest BCUT2D eigenvalue weighted by atomic mass is 10.2. The molecule has 2 rings (SSSR count). The Morgan fingerprint density at radius 2 is 2.00 bits per heavy atom. The van der Waals surface area contributed by atoms with Crippen LogP contribution in [0.2, 0.25) is 5.02 Å². The van der Waals surface area contributed by atoms with Crippen molar-refractivity contribution in [1.29, 1.82) is 0 Å². The molecule has 2 aromatic rings. The zero-order valence-corrected chi connectivity index (χ0v) is 9.43. The van der Waals surface area contributed by atoms with Gasteiger partial charge in [0.25, 0.3) is 0 Å². The Balaban J connectivity index is 0.00000128. The smallest absolute Gasteiger partial charge is 0.352 e. The molecule has 0 fully saturated rings. The number of rotatable bonds is 1. The van der Waals surface area contributed by atoms with E-state index in [0.717, 1.165) is 6.07 Å². The predicted octanol–water partition coefficient (Wildman–Crippen LogP) is 2.30. The number of carboxylic acid groups (broad SMARTS) is 1. The first kappa shape index (κ1) is 12.5. The quantitative estimate of drug-likeness (QED) is 0.826. The van der Waals surface area contributed by atoms with Crippen LogP contribution in [0, 0.1) is 0 Å². The fourth-order valence-electron chi connectivity index (χ4n) is 1.34. The first-order chi connectivity index (χ1) is 7.08. The third-order valence-corrected chi connectivity index (χ3v) is 2.26. The van der Waals surface area contributed by atoms with E-state index in [1.807, 2.05) is 0 Å². The van der Waals surface area contributed by atoms with E-state index in [1.165, 1.54) is 6.07 Å². The van der Waals surface area contributed by atoms with Gasteiger partial charge in [-0.2, -0.15) is 0 Å². The number of nitrogens with one attached hydrogen (secondary N) is 1. The normalized spacial score (nSPS) is 9.81. The molecule has 0 aliphatic carbocycles. The summed E-state index contributed by atoms with van der Waals surface area (Å²) in [6.07, 6.45) is 0. The van der Waals surface area contributed by atoms with Crippen molar-refractivity contribution in [2.45, 2.75) is 0 Å². The van der Waals surface area contributed by atoms with E-state index in [-0.39, 0.29) is 23.5 Å². The van der Waals surface area contributed by atoms with Gasteiger partial charge in [0.1, 0.15) is 5.69 Å². The molecule has 0 spiro atoms. The van der Waals surface area contributed by atoms with E-state index in [9.17, 15) is 9.59 Å². The molecule has 2 N–H and O–H groups in total. The van der Waals surface area contributed by atoms with Crippen molar-refractivity contribution in [2.75, 3.05) is 0 Å². The highest BCUT2D eigenvalue weighted by molar-refractivity contribution is 6.31. The van der Waals surface area contributed by atoms with Gasteiger partial charge < -0.3 is 10.1 Å². The second-order valence-corrected chi connectivity index (χ2v) is 3.48. The molecule has 0 aliphatic rings. The number of pyridine rings is 1. The highest BCUT2D eigenvalue weighted by Gasteiger charge is 2.07. The fraction of sp³-hybridized carbons (Fsp3) is 0. The Bertz CT molecular complexity index is 607. The number of carboxylic acids is 1. The van der Waals surface area contributed by atoms with Gasteiger partial charge in [-0.25, -0.2) is 4.79 Å². The number of H-pyrrole nitrogens is 1. The lowest BCUT2D eigenvalue weighted by Gasteiger charge is -2.00. The molecule has 6 heteroatoms. The summed E-state index contributed by atoms with van der Waals surface area (Å²) in [7, 11) is 0. The van der Waals surface area contributed by atoms with Crippen LogP contribution in [-0.4, -0.2) is 16.1 Å². The molecule has 0 unspecified atom stereocenters. The van der Waals surface area contributed by atoms with Crippen molar-refractivity contribution in [3.63, 3.8) is 0 Å². The second kappa shape index (κ2) is 4.55. The molecule has 0 radical (unpaired) electrons. The molecule has 0 saturated heterocycles. The molecule has 0 saturated carbocycles. The third kappa shape index (κ3) is 2.18. The van der Waals surface area contributed by atoms with Gasteiger partial charge in [0.05, 0.1) is 5.52 Å². The summed E-state index contributed by atoms with van der Waals surface area (Å²) in [5.74, 6) is -1.17. The molecule has 16 heavy (non-hydrogen) atoms. The van der Waals surface area contributed by atoms with Crippen molar-refractivity contribution in [3.05, 3.63) is 45.2 Å². The van der Waals surface area contributed by atoms with Crippen molar-refractivity contribution >= 4 is 40.9 Å². The minimum Gasteiger partial charge on any atom is -0.477 e. The minimum absolute atomic E-state index is 0. The standard InChI is InChI=1S/C10H6ClNO3.ClH/c11-5-1-2-6-7(3-5)12-8(10(14)15)4-9(6)13;/h1-4H,(H,12,13)(H,14,15);1H. The number of aromatic nitrogens is 1. The molecule has 0 atom stereocenters. The van der Waals surface area contributed by atoms with Crippen molar-refractivity contribution in [1.82, 2.24) is 4.98 Å². The van der Waals surface area contributed by atoms with Crippen LogP contribution in [0.1, 0.15) is 10.5 Å². The highest BCUT2D eigenvalue weighted by atomic mass is 35.5. The highest BCUT2D eigenvalue weighted by Crippen LogP contribution is 2.15. The van der Waals surface area contributed by atoms with Gasteiger partial charge in [0.2, 0.25) is 0 Å². The Hall–Kier alpha value is -1.52. The van der Waals surface area contributed by atoms with Gasteiger partial charge in [0, 0.05) is 16.5 Å². The fourth-order valence-corrected chi connectivity index (χ4v) is 1.51. The zero-order valence-electron chi connectivity index (χ0n) is 7.86. The molecule has 0 aliphatic heterocycles. The van der Waals surface area contributed by atoms with Gasteiger partial charge in [-0.1, -0.05) is 11.6 Å². The van der Waals surface area contributed by atoms with Gasteiger partial charge in [-0.3, -0.25) is 4.79 Å². The number of halogens is 2. The molecule has 4 nitrogen and oxygen atoms in total. The number of carbonyl (C=O) groups is 1. The molecule has 0 bridgehead atoms. The summed E-state index contributed by atoms with van der Waals surface area (Å²) in [5, 5.41) is 9.60. The minimum atomic E-state index is -1.17. The van der Waals surface area contributed by atoms with E-state index in [2.05, 4.69) is 4.98 Å². The second-order valence-electron chi connectivity index (χ2n) is 3.04. The maximum Gasteiger partial charge on any atom is 0.352 e. The molecule has 1 aromatic heterocycles. The van der Waals surface area contributed by atoms with Crippen LogP contribution in [0.25, 0.3) is 10.9 Å². The first-order valence-electron chi connectivity index (χ1n) is 4.14. The van der Waals surface area contributed by atoms with Crippen LogP contribution in [0.5, 0.6) is 0 Å². The SMILES string of the molecule is Cl.O=C(O)c1cc(=O)c2ccc(Cl)cc2[nH]1. The van der Waals surface area contributed by atoms with Crippen LogP contribution in [-0.2, 0) is 0 Å². The number of hydrogen-bond donors (Lipinski definition) is 2. The number of aromatic amines is 1. The van der Waals surface area contributed by atoms with Crippen molar-refractivity contribution in [2.24, 2.45) is 0 Å². The van der Waals surface area contributed by atoms with E-state index < -0.39 is 5.97 Å². The summed E-state index contributed by atoms with van der Waals surface area (Å²) in [5.41, 5.74) is -0.0556. The van der Waals surface area contributed by atoms with Gasteiger partial charge in [-0.05, 0) is 18.2 Å². The number of hydrogen-bond acceptors (Lipinski definition) is 2. The molecular weight excluding hydrogens is 253 g/mol. The maximum absolute atomic E-state index is 11.5. The Labute approximate surface area is 101 Å². The summed E-state index contributed by atoms with van der Waals surface area (Å²) >= 11 is 5.73. The number of benzene rings is 1. The lowest BCUT2D eigenvalue weighted by Crippen LogP contribution is -2.09. The molecule has 1 heterocycles. The molecule has 84 valence electrons. The van der Waals surface area contributed by atoms with E-state index in [4.69, 9.17) is 16.7 Å². The van der Waals surface area contributed by atoms with E-state index >= 15 is 0 Å². The van der Waals surface area contributed by atoms with Crippen molar-refractivity contribution < 1.29 is 9.90 Å². The van der Waals surface area contributed by atoms with Crippen LogP contribution < -0.4 is 5.43 Å². The van der Waals surface area contributed by atoms with E-state index in [0.29, 0.717) is 15.9 Å². The topological polar surface area (TPSA) is 70.2 Å². The monoisotopic (exact) mass is 259 g/mol. The van der Waals surface area contributed by atoms with Gasteiger partial charge >= 0.3 is 5.97 Å². The molecule has 0 amide bonds. The Kier molecular flexibility index (Phi) is 3.57. The molecule has 1 aromatic carbocycles. The largest absolute Gasteiger partial charge is 0.477 e. The van der Waals surface area contributed by atoms with Gasteiger partial charge in [-0.15, -0.1) is 12.4 Å². The van der Waals surface area contributed by atoms with Crippen LogP contribution in [0.3, 0.4) is 0 Å². The summed E-state index contributed by atoms with van der Waals surface area (Å²) in [4.78, 5) is 24.8. The first-order valence-corrected chi connectivity index (χ1v) is 4.51. The number of aromatic carboxylic acids is 1. The van der Waals surface area contributed by atoms with E-state index in [1.54, 1.807) is 12.1 Å². The predicted molar refractivity (Wildman–Crippen MR) is 63.8 cm³/mol. The summed E-state index contributed by atoms with van der Waals surface area (Å²) in [6.45, 7) is 0. The zero-order chi connectivity index (χ0) is 11.0. The average Bonchev–Trinajstić information content (AvgIpc) is 2.16. The average molecular weight is 260 g/mol. The van der Waals surface area contributed by atoms with Crippen LogP contribution >= 0.6 is 24.0 Å². The number of fused-ring (bicyclic) bond motifs is 1. The lowest BCUT2D eigenvalue weighted by molar-refractivity contribution is 0.0691. The third-order valence-electron chi connectivity index (χ3n) is 2.02. The Morgan fingerprint density at radius 3 is 2.62 bits per heavy atom. The van der Waals surface area contributed by atoms with Gasteiger partial charge in [0.15, 0.2) is 5.43 Å². The van der Waals surface area contributed by atoms with Crippen LogP contribution in [0.4, 0.5) is 0 Å². The Morgan fingerprint density at radius 1 is 1.31 bits per heavy atom. The molecular formula is C10H7Cl2NO3. The summed E-state index contributed by atoms with van der Waals surface area (Å²) in [6, 6.07) is 5.71. The maximum atomic E-state index is 11.5.